The Morgan fingerprint density at radius 2 is 0.957 bits per heavy atom. The third-order valence-electron chi connectivity index (χ3n) is 5.37. The molecule has 272 valence electrons. The second-order valence-corrected chi connectivity index (χ2v) is 10.6. The van der Waals surface area contributed by atoms with Gasteiger partial charge in [0.25, 0.3) is 11.8 Å². The topological polar surface area (TPSA) is 205 Å². The first-order valence-electron chi connectivity index (χ1n) is 15.5. The molecule has 0 aromatic carbocycles. The maximum Gasteiger partial charge on any atom is 0.407 e. The largest absolute Gasteiger partial charge is 0.444 e. The second kappa shape index (κ2) is 27.0. The van der Waals surface area contributed by atoms with Crippen molar-refractivity contribution in [2.24, 2.45) is 0 Å². The minimum absolute atomic E-state index is 0.00772. The van der Waals surface area contributed by atoms with Gasteiger partial charge in [-0.2, -0.15) is 0 Å². The fourth-order valence-corrected chi connectivity index (χ4v) is 3.29. The zero-order valence-corrected chi connectivity index (χ0v) is 27.7. The highest BCUT2D eigenvalue weighted by atomic mass is 16.7. The Balaban J connectivity index is 1.72. The third kappa shape index (κ3) is 25.8. The Kier molecular flexibility index (Phi) is 24.2. The van der Waals surface area contributed by atoms with Crippen LogP contribution in [0.15, 0.2) is 0 Å². The highest BCUT2D eigenvalue weighted by Crippen LogP contribution is 2.12. The number of carbonyl (C=O) groups is 5. The molecule has 1 aliphatic heterocycles. The summed E-state index contributed by atoms with van der Waals surface area (Å²) in [6, 6.07) is 0. The van der Waals surface area contributed by atoms with Gasteiger partial charge in [0.05, 0.1) is 92.5 Å². The Morgan fingerprint density at radius 3 is 1.36 bits per heavy atom. The molecule has 0 radical (unpaired) electrons. The first kappa shape index (κ1) is 42.1. The maximum atomic E-state index is 11.7. The summed E-state index contributed by atoms with van der Waals surface area (Å²) in [7, 11) is 0. The summed E-state index contributed by atoms with van der Waals surface area (Å²) < 4.78 is 47.8. The van der Waals surface area contributed by atoms with Crippen LogP contribution in [0.5, 0.6) is 0 Å². The van der Waals surface area contributed by atoms with Crippen LogP contribution in [0.2, 0.25) is 0 Å². The van der Waals surface area contributed by atoms with Crippen molar-refractivity contribution in [3.8, 4) is 0 Å². The van der Waals surface area contributed by atoms with Crippen LogP contribution < -0.4 is 10.6 Å². The van der Waals surface area contributed by atoms with Crippen molar-refractivity contribution in [2.45, 2.75) is 39.2 Å². The van der Waals surface area contributed by atoms with E-state index in [1.807, 2.05) is 0 Å². The summed E-state index contributed by atoms with van der Waals surface area (Å²) >= 11 is 0. The predicted octanol–water partition coefficient (Wildman–Crippen LogP) is -0.633. The van der Waals surface area contributed by atoms with E-state index in [9.17, 15) is 24.0 Å². The predicted molar refractivity (Wildman–Crippen MR) is 161 cm³/mol. The van der Waals surface area contributed by atoms with E-state index in [1.165, 1.54) is 0 Å². The molecule has 18 nitrogen and oxygen atoms in total. The lowest BCUT2D eigenvalue weighted by molar-refractivity contribution is -0.200. The Hall–Kier alpha value is -2.97. The van der Waals surface area contributed by atoms with Gasteiger partial charge in [0, 0.05) is 25.9 Å². The van der Waals surface area contributed by atoms with Crippen LogP contribution >= 0.6 is 0 Å². The average molecular weight is 682 g/mol. The standard InChI is InChI=1S/C29H51N3O15/c1-29(2,3)46-28(37)31-7-9-39-11-13-41-15-17-43-19-21-44-20-18-42-16-14-40-12-10-38-8-6-30-24(33)22-45-23-27(36)47-32-25(34)4-5-26(32)35/h4-23H2,1-3H3,(H,30,33)(H,31,37). The van der Waals surface area contributed by atoms with E-state index < -0.39 is 48.6 Å². The van der Waals surface area contributed by atoms with Crippen molar-refractivity contribution < 1.29 is 71.4 Å². The van der Waals surface area contributed by atoms with E-state index in [4.69, 9.17) is 42.6 Å². The Bertz CT molecular complexity index is 885. The number of carbonyl (C=O) groups excluding carboxylic acids is 5. The molecular weight excluding hydrogens is 630 g/mol. The summed E-state index contributed by atoms with van der Waals surface area (Å²) in [4.78, 5) is 62.1. The van der Waals surface area contributed by atoms with Gasteiger partial charge < -0.3 is 58.1 Å². The zero-order valence-electron chi connectivity index (χ0n) is 27.7. The number of hydroxylamine groups is 2. The average Bonchev–Trinajstić information content (AvgIpc) is 3.32. The molecule has 0 aromatic rings. The molecule has 0 unspecified atom stereocenters. The van der Waals surface area contributed by atoms with Crippen LogP contribution in [0.4, 0.5) is 4.79 Å². The molecule has 47 heavy (non-hydrogen) atoms. The van der Waals surface area contributed by atoms with E-state index in [2.05, 4.69) is 15.5 Å². The van der Waals surface area contributed by atoms with Crippen molar-refractivity contribution in [3.63, 3.8) is 0 Å². The lowest BCUT2D eigenvalue weighted by Crippen LogP contribution is -2.35. The smallest absolute Gasteiger partial charge is 0.407 e. The zero-order chi connectivity index (χ0) is 34.6. The summed E-state index contributed by atoms with van der Waals surface area (Å²) in [5.41, 5.74) is -0.527. The number of imide groups is 1. The van der Waals surface area contributed by atoms with Crippen LogP contribution in [-0.2, 0) is 66.6 Å². The highest BCUT2D eigenvalue weighted by Gasteiger charge is 2.32. The van der Waals surface area contributed by atoms with Gasteiger partial charge in [-0.15, -0.1) is 5.06 Å². The number of hydrogen-bond donors (Lipinski definition) is 2. The SMILES string of the molecule is CC(C)(C)OC(=O)NCCOCCOCCOCCOCCOCCOCCOCCNC(=O)COCC(=O)ON1C(=O)CCC1=O. The number of nitrogens with one attached hydrogen (secondary N) is 2. The molecule has 0 atom stereocenters. The molecule has 18 heteroatoms. The highest BCUT2D eigenvalue weighted by molar-refractivity contribution is 6.01. The van der Waals surface area contributed by atoms with Gasteiger partial charge in [0.15, 0.2) is 0 Å². The summed E-state index contributed by atoms with van der Waals surface area (Å²) in [5, 5.41) is 5.58. The van der Waals surface area contributed by atoms with Gasteiger partial charge in [-0.1, -0.05) is 0 Å². The van der Waals surface area contributed by atoms with Gasteiger partial charge in [-0.25, -0.2) is 9.59 Å². The number of nitrogens with zero attached hydrogens (tertiary/aromatic N) is 1. The molecule has 0 saturated carbocycles. The Labute approximate surface area is 275 Å². The van der Waals surface area contributed by atoms with E-state index in [-0.39, 0.29) is 26.0 Å². The summed E-state index contributed by atoms with van der Waals surface area (Å²) in [5.74, 6) is -2.60. The van der Waals surface area contributed by atoms with Crippen LogP contribution in [0.1, 0.15) is 33.6 Å². The molecule has 0 bridgehead atoms. The van der Waals surface area contributed by atoms with Gasteiger partial charge in [-0.05, 0) is 20.8 Å². The molecule has 1 rings (SSSR count). The van der Waals surface area contributed by atoms with Gasteiger partial charge >= 0.3 is 12.1 Å². The molecule has 0 aromatic heterocycles. The molecule has 1 saturated heterocycles. The van der Waals surface area contributed by atoms with Crippen LogP contribution in [0.3, 0.4) is 0 Å². The van der Waals surface area contributed by atoms with Gasteiger partial charge in [0.1, 0.15) is 18.8 Å². The minimum Gasteiger partial charge on any atom is -0.444 e. The van der Waals surface area contributed by atoms with E-state index in [0.29, 0.717) is 97.5 Å². The van der Waals surface area contributed by atoms with Crippen molar-refractivity contribution in [1.29, 1.82) is 0 Å². The minimum atomic E-state index is -0.951. The Morgan fingerprint density at radius 1 is 0.574 bits per heavy atom. The lowest BCUT2D eigenvalue weighted by Gasteiger charge is -2.19. The quantitative estimate of drug-likeness (QED) is 0.0745. The number of hydrogen-bond acceptors (Lipinski definition) is 15. The van der Waals surface area contributed by atoms with Gasteiger partial charge in [0.2, 0.25) is 5.91 Å². The molecule has 1 aliphatic rings. The van der Waals surface area contributed by atoms with Crippen molar-refractivity contribution in [2.75, 3.05) is 119 Å². The van der Waals surface area contributed by atoms with Crippen molar-refractivity contribution in [3.05, 3.63) is 0 Å². The number of ether oxygens (including phenoxy) is 9. The van der Waals surface area contributed by atoms with E-state index in [0.717, 1.165) is 0 Å². The molecule has 1 fully saturated rings. The molecule has 0 spiro atoms. The first-order valence-corrected chi connectivity index (χ1v) is 15.5. The molecule has 0 aliphatic carbocycles. The fourth-order valence-electron chi connectivity index (χ4n) is 3.29. The van der Waals surface area contributed by atoms with E-state index >= 15 is 0 Å². The lowest BCUT2D eigenvalue weighted by atomic mass is 10.2. The van der Waals surface area contributed by atoms with Crippen LogP contribution in [0, 0.1) is 0 Å². The fraction of sp³-hybridized carbons (Fsp3) is 0.828. The van der Waals surface area contributed by atoms with Crippen LogP contribution in [-0.4, -0.2) is 159 Å². The number of rotatable bonds is 29. The third-order valence-corrected chi connectivity index (χ3v) is 5.37. The number of alkyl carbamates (subject to hydrolysis) is 1. The van der Waals surface area contributed by atoms with Crippen LogP contribution in [0.25, 0.3) is 0 Å². The molecule has 2 N–H and O–H groups in total. The maximum absolute atomic E-state index is 11.7. The normalized spacial score (nSPS) is 13.2. The number of amides is 4. The molecule has 1 heterocycles. The second-order valence-electron chi connectivity index (χ2n) is 10.6. The summed E-state index contributed by atoms with van der Waals surface area (Å²) in [6.07, 6.45) is -0.485. The van der Waals surface area contributed by atoms with Crippen molar-refractivity contribution >= 4 is 29.8 Å². The first-order chi connectivity index (χ1) is 22.6. The monoisotopic (exact) mass is 681 g/mol. The van der Waals surface area contributed by atoms with E-state index in [1.54, 1.807) is 20.8 Å². The molecule has 4 amide bonds. The van der Waals surface area contributed by atoms with Crippen molar-refractivity contribution in [1.82, 2.24) is 15.7 Å². The molecular formula is C29H51N3O15. The summed E-state index contributed by atoms with van der Waals surface area (Å²) in [6.45, 7) is 10.6. The van der Waals surface area contributed by atoms with Gasteiger partial charge in [-0.3, -0.25) is 14.4 Å².